The predicted octanol–water partition coefficient (Wildman–Crippen LogP) is 3.39. The first-order chi connectivity index (χ1) is 10.1. The summed E-state index contributed by atoms with van der Waals surface area (Å²) >= 11 is 0. The summed E-state index contributed by atoms with van der Waals surface area (Å²) in [6.45, 7) is 6.52. The molecule has 114 valence electrons. The van der Waals surface area contributed by atoms with Gasteiger partial charge in [-0.1, -0.05) is 44.5 Å². The van der Waals surface area contributed by atoms with Crippen LogP contribution in [0.15, 0.2) is 24.3 Å². The molecule has 3 nitrogen and oxygen atoms in total. The van der Waals surface area contributed by atoms with Crippen LogP contribution in [-0.2, 0) is 4.79 Å². The number of amides is 1. The number of benzene rings is 1. The average molecular weight is 286 g/mol. The molecule has 1 amide bonds. The number of carbonyl (C=O) groups is 1. The smallest absolute Gasteiger partial charge is 0.241 e. The Balaban J connectivity index is 1.96. The average Bonchev–Trinajstić information content (AvgIpc) is 3.02. The third-order valence-electron chi connectivity index (χ3n) is 5.25. The van der Waals surface area contributed by atoms with Crippen LogP contribution in [0.4, 0.5) is 0 Å². The zero-order valence-corrected chi connectivity index (χ0v) is 13.3. The molecule has 1 aliphatic heterocycles. The van der Waals surface area contributed by atoms with E-state index in [1.54, 1.807) is 0 Å². The highest BCUT2D eigenvalue weighted by Gasteiger charge is 2.45. The summed E-state index contributed by atoms with van der Waals surface area (Å²) in [6, 6.07) is 8.80. The largest absolute Gasteiger partial charge is 0.318 e. The van der Waals surface area contributed by atoms with Crippen molar-refractivity contribution in [3.63, 3.8) is 0 Å². The number of rotatable bonds is 3. The molecule has 1 saturated heterocycles. The van der Waals surface area contributed by atoms with Gasteiger partial charge in [0.15, 0.2) is 0 Å². The summed E-state index contributed by atoms with van der Waals surface area (Å²) in [5, 5.41) is 3.57. The van der Waals surface area contributed by atoms with E-state index in [1.807, 2.05) is 0 Å². The van der Waals surface area contributed by atoms with Crippen LogP contribution in [-0.4, -0.2) is 22.9 Å². The fourth-order valence-corrected chi connectivity index (χ4v) is 3.97. The van der Waals surface area contributed by atoms with Gasteiger partial charge in [0.1, 0.15) is 6.17 Å². The second-order valence-electron chi connectivity index (χ2n) is 6.61. The highest BCUT2D eigenvalue weighted by molar-refractivity contribution is 5.85. The Morgan fingerprint density at radius 2 is 2.05 bits per heavy atom. The number of carbonyl (C=O) groups excluding carboxylic acids is 1. The van der Waals surface area contributed by atoms with Crippen LogP contribution in [0.25, 0.3) is 0 Å². The van der Waals surface area contributed by atoms with Gasteiger partial charge in [-0.3, -0.25) is 10.1 Å². The Morgan fingerprint density at radius 1 is 1.29 bits per heavy atom. The summed E-state index contributed by atoms with van der Waals surface area (Å²) in [6.07, 6.45) is 4.54. The van der Waals surface area contributed by atoms with E-state index < -0.39 is 0 Å². The second kappa shape index (κ2) is 5.80. The van der Waals surface area contributed by atoms with Crippen molar-refractivity contribution < 1.29 is 4.79 Å². The van der Waals surface area contributed by atoms with Crippen LogP contribution in [0.5, 0.6) is 0 Å². The van der Waals surface area contributed by atoms with Crippen LogP contribution in [0.1, 0.15) is 56.8 Å². The summed E-state index contributed by atoms with van der Waals surface area (Å²) < 4.78 is 0. The minimum atomic E-state index is -0.0255. The molecule has 0 spiro atoms. The van der Waals surface area contributed by atoms with E-state index in [-0.39, 0.29) is 12.2 Å². The van der Waals surface area contributed by atoms with Gasteiger partial charge in [-0.2, -0.15) is 0 Å². The van der Waals surface area contributed by atoms with Gasteiger partial charge in [0.2, 0.25) is 5.91 Å². The first-order valence-corrected chi connectivity index (χ1v) is 8.27. The lowest BCUT2D eigenvalue weighted by Crippen LogP contribution is -2.41. The Labute approximate surface area is 127 Å². The van der Waals surface area contributed by atoms with Crippen molar-refractivity contribution >= 4 is 5.91 Å². The van der Waals surface area contributed by atoms with E-state index in [0.717, 1.165) is 12.8 Å². The fourth-order valence-electron chi connectivity index (χ4n) is 3.97. The maximum atomic E-state index is 12.8. The molecular weight excluding hydrogens is 260 g/mol. The van der Waals surface area contributed by atoms with Crippen molar-refractivity contribution in [3.8, 4) is 0 Å². The lowest BCUT2D eigenvalue weighted by atomic mass is 10.0. The molecule has 1 N–H and O–H groups in total. The van der Waals surface area contributed by atoms with Gasteiger partial charge in [0.05, 0.1) is 6.04 Å². The third kappa shape index (κ3) is 2.48. The van der Waals surface area contributed by atoms with E-state index in [1.165, 1.54) is 24.0 Å². The summed E-state index contributed by atoms with van der Waals surface area (Å²) in [4.78, 5) is 15.0. The topological polar surface area (TPSA) is 32.3 Å². The number of hydrogen-bond acceptors (Lipinski definition) is 2. The van der Waals surface area contributed by atoms with Crippen molar-refractivity contribution in [2.45, 2.75) is 64.7 Å². The Bertz CT molecular complexity index is 528. The standard InChI is InChI=1S/C18H26N2O/c1-4-15-18(21)20(16-11-7-9-13(16)3)17(19-15)14-10-6-5-8-12(14)2/h5-6,8,10,13,15-17,19H,4,7,9,11H2,1-3H3. The second-order valence-corrected chi connectivity index (χ2v) is 6.61. The zero-order chi connectivity index (χ0) is 15.0. The molecule has 0 aromatic heterocycles. The lowest BCUT2D eigenvalue weighted by Gasteiger charge is -2.33. The molecule has 2 fully saturated rings. The van der Waals surface area contributed by atoms with Crippen LogP contribution in [0, 0.1) is 12.8 Å². The number of nitrogens with one attached hydrogen (secondary N) is 1. The van der Waals surface area contributed by atoms with Gasteiger partial charge < -0.3 is 4.90 Å². The monoisotopic (exact) mass is 286 g/mol. The maximum Gasteiger partial charge on any atom is 0.241 e. The molecule has 3 heteroatoms. The molecule has 0 radical (unpaired) electrons. The highest BCUT2D eigenvalue weighted by atomic mass is 16.2. The molecule has 1 heterocycles. The van der Waals surface area contributed by atoms with Gasteiger partial charge in [-0.25, -0.2) is 0 Å². The minimum Gasteiger partial charge on any atom is -0.318 e. The van der Waals surface area contributed by atoms with Gasteiger partial charge in [-0.15, -0.1) is 0 Å². The van der Waals surface area contributed by atoms with E-state index >= 15 is 0 Å². The Morgan fingerprint density at radius 3 is 2.67 bits per heavy atom. The molecule has 1 aliphatic carbocycles. The molecule has 4 unspecified atom stereocenters. The molecule has 2 aliphatic rings. The van der Waals surface area contributed by atoms with Crippen LogP contribution in [0.3, 0.4) is 0 Å². The molecule has 1 aromatic rings. The SMILES string of the molecule is CCC1NC(c2ccccc2C)N(C2CCCC2C)C1=O. The molecule has 4 atom stereocenters. The maximum absolute atomic E-state index is 12.8. The van der Waals surface area contributed by atoms with Crippen molar-refractivity contribution in [1.82, 2.24) is 10.2 Å². The van der Waals surface area contributed by atoms with Crippen molar-refractivity contribution in [2.75, 3.05) is 0 Å². The molecule has 0 bridgehead atoms. The number of aryl methyl sites for hydroxylation is 1. The Kier molecular flexibility index (Phi) is 4.03. The summed E-state index contributed by atoms with van der Waals surface area (Å²) in [5.41, 5.74) is 2.51. The first-order valence-electron chi connectivity index (χ1n) is 8.27. The zero-order valence-electron chi connectivity index (χ0n) is 13.3. The van der Waals surface area contributed by atoms with E-state index in [2.05, 4.69) is 55.3 Å². The summed E-state index contributed by atoms with van der Waals surface area (Å²) in [7, 11) is 0. The number of hydrogen-bond donors (Lipinski definition) is 1. The molecular formula is C18H26N2O. The number of nitrogens with zero attached hydrogens (tertiary/aromatic N) is 1. The highest BCUT2D eigenvalue weighted by Crippen LogP contribution is 2.38. The fraction of sp³-hybridized carbons (Fsp3) is 0.611. The molecule has 1 aromatic carbocycles. The normalized spacial score (nSPS) is 32.9. The Hall–Kier alpha value is -1.35. The van der Waals surface area contributed by atoms with Gasteiger partial charge >= 0.3 is 0 Å². The van der Waals surface area contributed by atoms with Gasteiger partial charge in [0, 0.05) is 6.04 Å². The third-order valence-corrected chi connectivity index (χ3v) is 5.25. The van der Waals surface area contributed by atoms with Crippen LogP contribution < -0.4 is 5.32 Å². The minimum absolute atomic E-state index is 0.0255. The molecule has 3 rings (SSSR count). The van der Waals surface area contributed by atoms with E-state index in [0.29, 0.717) is 17.9 Å². The quantitative estimate of drug-likeness (QED) is 0.923. The van der Waals surface area contributed by atoms with Crippen molar-refractivity contribution in [3.05, 3.63) is 35.4 Å². The molecule has 21 heavy (non-hydrogen) atoms. The van der Waals surface area contributed by atoms with Crippen LogP contribution >= 0.6 is 0 Å². The first kappa shape index (κ1) is 14.6. The van der Waals surface area contributed by atoms with Gasteiger partial charge in [-0.05, 0) is 43.2 Å². The lowest BCUT2D eigenvalue weighted by molar-refractivity contribution is -0.133. The predicted molar refractivity (Wildman–Crippen MR) is 84.8 cm³/mol. The van der Waals surface area contributed by atoms with Gasteiger partial charge in [0.25, 0.3) is 0 Å². The van der Waals surface area contributed by atoms with E-state index in [9.17, 15) is 4.79 Å². The molecule has 1 saturated carbocycles. The van der Waals surface area contributed by atoms with Crippen LogP contribution in [0.2, 0.25) is 0 Å². The summed E-state index contributed by atoms with van der Waals surface area (Å²) in [5.74, 6) is 0.905. The van der Waals surface area contributed by atoms with E-state index in [4.69, 9.17) is 0 Å². The van der Waals surface area contributed by atoms with Crippen molar-refractivity contribution in [2.24, 2.45) is 5.92 Å². The van der Waals surface area contributed by atoms with Crippen molar-refractivity contribution in [1.29, 1.82) is 0 Å².